The number of anilines is 1. The molecule has 0 aliphatic carbocycles. The summed E-state index contributed by atoms with van der Waals surface area (Å²) in [5.41, 5.74) is 2.38. The van der Waals surface area contributed by atoms with Gasteiger partial charge in [0.05, 0.1) is 17.2 Å². The van der Waals surface area contributed by atoms with Crippen LogP contribution >= 0.6 is 23.1 Å². The van der Waals surface area contributed by atoms with Gasteiger partial charge >= 0.3 is 0 Å². The number of carbonyl (C=O) groups is 1. The van der Waals surface area contributed by atoms with Crippen LogP contribution in [-0.2, 0) is 11.3 Å². The van der Waals surface area contributed by atoms with Crippen molar-refractivity contribution >= 4 is 39.8 Å². The largest absolute Gasteiger partial charge is 0.301 e. The minimum Gasteiger partial charge on any atom is -0.301 e. The maximum Gasteiger partial charge on any atom is 0.270 e. The van der Waals surface area contributed by atoms with Gasteiger partial charge in [-0.2, -0.15) is 0 Å². The van der Waals surface area contributed by atoms with E-state index in [4.69, 9.17) is 0 Å². The van der Waals surface area contributed by atoms with Crippen molar-refractivity contribution in [2.45, 2.75) is 11.4 Å². The molecule has 7 nitrogen and oxygen atoms in total. The van der Waals surface area contributed by atoms with Gasteiger partial charge in [-0.3, -0.25) is 19.8 Å². The van der Waals surface area contributed by atoms with Gasteiger partial charge in [0.1, 0.15) is 0 Å². The number of nitrogens with one attached hydrogen (secondary N) is 1. The quantitative estimate of drug-likeness (QED) is 0.323. The second kappa shape index (κ2) is 9.64. The first-order valence-corrected chi connectivity index (χ1v) is 10.9. The molecule has 0 aliphatic rings. The standard InChI is InChI=1S/C20H20N4O3S2/c1-23(11-14-6-8-17(28-2)9-7-14)12-19(25)22-20-21-18(13-29-20)15-4-3-5-16(10-15)24(26)27/h3-10,13H,11-12H2,1-2H3,(H,21,22,25). The summed E-state index contributed by atoms with van der Waals surface area (Å²) < 4.78 is 0. The fourth-order valence-electron chi connectivity index (χ4n) is 2.75. The fraction of sp³-hybridized carbons (Fsp3) is 0.200. The van der Waals surface area contributed by atoms with Crippen LogP contribution in [0.4, 0.5) is 10.8 Å². The minimum absolute atomic E-state index is 0.00766. The molecule has 0 spiro atoms. The highest BCUT2D eigenvalue weighted by atomic mass is 32.2. The van der Waals surface area contributed by atoms with Crippen molar-refractivity contribution in [1.29, 1.82) is 0 Å². The number of nitrogens with zero attached hydrogens (tertiary/aromatic N) is 3. The van der Waals surface area contributed by atoms with Crippen molar-refractivity contribution in [3.63, 3.8) is 0 Å². The highest BCUT2D eigenvalue weighted by Crippen LogP contribution is 2.27. The van der Waals surface area contributed by atoms with Gasteiger partial charge in [0.25, 0.3) is 5.69 Å². The molecule has 150 valence electrons. The normalized spacial score (nSPS) is 10.9. The first kappa shape index (κ1) is 21.0. The average Bonchev–Trinajstić information content (AvgIpc) is 3.16. The van der Waals surface area contributed by atoms with Crippen molar-refractivity contribution in [3.8, 4) is 11.3 Å². The highest BCUT2D eigenvalue weighted by molar-refractivity contribution is 7.98. The summed E-state index contributed by atoms with van der Waals surface area (Å²) in [5, 5.41) is 16.0. The number of rotatable bonds is 8. The molecule has 0 saturated heterocycles. The maximum atomic E-state index is 12.3. The summed E-state index contributed by atoms with van der Waals surface area (Å²) in [6.45, 7) is 0.898. The molecular formula is C20H20N4O3S2. The zero-order valence-corrected chi connectivity index (χ0v) is 17.6. The van der Waals surface area contributed by atoms with Gasteiger partial charge < -0.3 is 5.32 Å². The molecule has 2 aromatic carbocycles. The zero-order valence-electron chi connectivity index (χ0n) is 16.0. The van der Waals surface area contributed by atoms with Gasteiger partial charge in [-0.1, -0.05) is 24.3 Å². The number of nitro groups is 1. The highest BCUT2D eigenvalue weighted by Gasteiger charge is 2.13. The number of non-ortho nitro benzene ring substituents is 1. The number of thioether (sulfide) groups is 1. The van der Waals surface area contributed by atoms with Crippen LogP contribution in [0.15, 0.2) is 58.8 Å². The second-order valence-corrected chi connectivity index (χ2v) is 8.15. The first-order valence-electron chi connectivity index (χ1n) is 8.76. The molecule has 3 rings (SSSR count). The lowest BCUT2D eigenvalue weighted by Gasteiger charge is -2.16. The van der Waals surface area contributed by atoms with Crippen LogP contribution < -0.4 is 5.32 Å². The number of benzene rings is 2. The predicted molar refractivity (Wildman–Crippen MR) is 117 cm³/mol. The Morgan fingerprint density at radius 2 is 2.03 bits per heavy atom. The predicted octanol–water partition coefficient (Wildman–Crippen LogP) is 4.51. The fourth-order valence-corrected chi connectivity index (χ4v) is 3.89. The number of amides is 1. The van der Waals surface area contributed by atoms with E-state index in [2.05, 4.69) is 34.6 Å². The third-order valence-corrected chi connectivity index (χ3v) is 5.63. The monoisotopic (exact) mass is 428 g/mol. The SMILES string of the molecule is CSc1ccc(CN(C)CC(=O)Nc2nc(-c3cccc([N+](=O)[O-])c3)cs2)cc1. The van der Waals surface area contributed by atoms with Gasteiger partial charge in [-0.15, -0.1) is 23.1 Å². The maximum absolute atomic E-state index is 12.3. The van der Waals surface area contributed by atoms with Crippen molar-refractivity contribution in [2.75, 3.05) is 25.2 Å². The molecule has 0 fully saturated rings. The summed E-state index contributed by atoms with van der Waals surface area (Å²) in [6.07, 6.45) is 2.04. The lowest BCUT2D eigenvalue weighted by Crippen LogP contribution is -2.29. The van der Waals surface area contributed by atoms with E-state index >= 15 is 0 Å². The Hall–Kier alpha value is -2.75. The van der Waals surface area contributed by atoms with Crippen LogP contribution in [0.5, 0.6) is 0 Å². The van der Waals surface area contributed by atoms with Crippen molar-refractivity contribution < 1.29 is 9.72 Å². The summed E-state index contributed by atoms with van der Waals surface area (Å²) in [6, 6.07) is 14.5. The Kier molecular flexibility index (Phi) is 6.97. The number of thiazole rings is 1. The molecule has 0 aliphatic heterocycles. The second-order valence-electron chi connectivity index (χ2n) is 6.41. The molecule has 3 aromatic rings. The molecule has 1 heterocycles. The number of nitro benzene ring substituents is 1. The molecule has 1 amide bonds. The molecule has 29 heavy (non-hydrogen) atoms. The van der Waals surface area contributed by atoms with Gasteiger partial charge in [0.2, 0.25) is 5.91 Å². The number of likely N-dealkylation sites (N-methyl/N-ethyl adjacent to an activating group) is 1. The van der Waals surface area contributed by atoms with Crippen LogP contribution in [0.1, 0.15) is 5.56 Å². The molecular weight excluding hydrogens is 408 g/mol. The minimum atomic E-state index is -0.441. The van der Waals surface area contributed by atoms with Crippen LogP contribution in [0, 0.1) is 10.1 Å². The van der Waals surface area contributed by atoms with E-state index in [1.807, 2.05) is 18.2 Å². The smallest absolute Gasteiger partial charge is 0.270 e. The van der Waals surface area contributed by atoms with Crippen LogP contribution in [0.2, 0.25) is 0 Å². The van der Waals surface area contributed by atoms with Crippen LogP contribution in [-0.4, -0.2) is 40.6 Å². The van der Waals surface area contributed by atoms with Crippen molar-refractivity contribution in [1.82, 2.24) is 9.88 Å². The summed E-state index contributed by atoms with van der Waals surface area (Å²) in [4.78, 5) is 30.3. The van der Waals surface area contributed by atoms with Crippen LogP contribution in [0.3, 0.4) is 0 Å². The summed E-state index contributed by atoms with van der Waals surface area (Å²) in [5.74, 6) is -0.159. The molecule has 1 N–H and O–H groups in total. The van der Waals surface area contributed by atoms with Gasteiger partial charge in [-0.05, 0) is 31.0 Å². The number of aromatic nitrogens is 1. The van der Waals surface area contributed by atoms with Crippen molar-refractivity contribution in [2.24, 2.45) is 0 Å². The molecule has 0 radical (unpaired) electrons. The van der Waals surface area contributed by atoms with Gasteiger partial charge in [0.15, 0.2) is 5.13 Å². The van der Waals surface area contributed by atoms with E-state index in [1.54, 1.807) is 29.3 Å². The summed E-state index contributed by atoms with van der Waals surface area (Å²) >= 11 is 2.98. The molecule has 0 atom stereocenters. The third kappa shape index (κ3) is 5.86. The Balaban J connectivity index is 1.57. The first-order chi connectivity index (χ1) is 13.9. The number of hydrogen-bond donors (Lipinski definition) is 1. The third-order valence-electron chi connectivity index (χ3n) is 4.13. The lowest BCUT2D eigenvalue weighted by atomic mass is 10.1. The zero-order chi connectivity index (χ0) is 20.8. The Labute approximate surface area is 176 Å². The van der Waals surface area contributed by atoms with E-state index in [0.29, 0.717) is 22.9 Å². The van der Waals surface area contributed by atoms with Gasteiger partial charge in [-0.25, -0.2) is 4.98 Å². The van der Waals surface area contributed by atoms with E-state index in [1.165, 1.54) is 28.4 Å². The van der Waals surface area contributed by atoms with E-state index in [0.717, 1.165) is 5.56 Å². The summed E-state index contributed by atoms with van der Waals surface area (Å²) in [7, 11) is 1.89. The molecule has 9 heteroatoms. The molecule has 1 aromatic heterocycles. The Bertz CT molecular complexity index is 1000. The van der Waals surface area contributed by atoms with Gasteiger partial charge in [0, 0.05) is 34.5 Å². The molecule has 0 unspecified atom stereocenters. The Morgan fingerprint density at radius 1 is 1.28 bits per heavy atom. The topological polar surface area (TPSA) is 88.4 Å². The molecule has 0 bridgehead atoms. The van der Waals surface area contributed by atoms with Crippen LogP contribution in [0.25, 0.3) is 11.3 Å². The Morgan fingerprint density at radius 3 is 2.72 bits per heavy atom. The lowest BCUT2D eigenvalue weighted by molar-refractivity contribution is -0.384. The van der Waals surface area contributed by atoms with Crippen molar-refractivity contribution in [3.05, 3.63) is 69.6 Å². The van der Waals surface area contributed by atoms with E-state index in [-0.39, 0.29) is 18.1 Å². The number of carbonyl (C=O) groups excluding carboxylic acids is 1. The van der Waals surface area contributed by atoms with E-state index < -0.39 is 4.92 Å². The van der Waals surface area contributed by atoms with E-state index in [9.17, 15) is 14.9 Å². The molecule has 0 saturated carbocycles. The number of hydrogen-bond acceptors (Lipinski definition) is 7. The average molecular weight is 429 g/mol.